The van der Waals surface area contributed by atoms with Gasteiger partial charge in [0.25, 0.3) is 0 Å². The Balaban J connectivity index is 1.46. The number of fused-ring (bicyclic) bond motifs is 1. The van der Waals surface area contributed by atoms with E-state index in [1.54, 1.807) is 0 Å². The molecule has 10 nitrogen and oxygen atoms in total. The average Bonchev–Trinajstić information content (AvgIpc) is 3.41. The number of benzene rings is 2. The van der Waals surface area contributed by atoms with Crippen LogP contribution in [0.5, 0.6) is 0 Å². The second-order valence-electron chi connectivity index (χ2n) is 8.81. The Labute approximate surface area is 235 Å². The highest BCUT2D eigenvalue weighted by molar-refractivity contribution is 6.33. The van der Waals surface area contributed by atoms with Crippen LogP contribution in [0.25, 0.3) is 11.2 Å². The van der Waals surface area contributed by atoms with E-state index in [0.717, 1.165) is 0 Å². The number of nitrogens with zero attached hydrogens (tertiary/aromatic N) is 4. The summed E-state index contributed by atoms with van der Waals surface area (Å²) in [5, 5.41) is 0.812. The van der Waals surface area contributed by atoms with E-state index < -0.39 is 42.7 Å². The predicted octanol–water partition coefficient (Wildman–Crippen LogP) is 5.08. The largest absolute Gasteiger partial charge is 0.459 e. The molecular formula is C25H19Cl3FN5O5. The predicted molar refractivity (Wildman–Crippen MR) is 141 cm³/mol. The number of carbonyl (C=O) groups excluding carboxylic acids is 2. The van der Waals surface area contributed by atoms with Gasteiger partial charge in [-0.1, -0.05) is 34.8 Å². The summed E-state index contributed by atoms with van der Waals surface area (Å²) in [6, 6.07) is 11.9. The number of alkyl halides is 1. The number of hydrogen-bond acceptors (Lipinski definition) is 9. The average molecular weight is 595 g/mol. The van der Waals surface area contributed by atoms with Crippen molar-refractivity contribution in [3.63, 3.8) is 0 Å². The lowest BCUT2D eigenvalue weighted by Crippen LogP contribution is -2.44. The molecule has 2 N–H and O–H groups in total. The summed E-state index contributed by atoms with van der Waals surface area (Å²) in [4.78, 5) is 37.7. The second kappa shape index (κ2) is 10.6. The third-order valence-electron chi connectivity index (χ3n) is 6.10. The van der Waals surface area contributed by atoms with E-state index in [0.29, 0.717) is 10.0 Å². The van der Waals surface area contributed by atoms with Crippen molar-refractivity contribution in [2.24, 2.45) is 0 Å². The van der Waals surface area contributed by atoms with Crippen LogP contribution < -0.4 is 5.73 Å². The Bertz CT molecular complexity index is 1550. The maximum atomic E-state index is 16.6. The highest BCUT2D eigenvalue weighted by atomic mass is 35.5. The van der Waals surface area contributed by atoms with Gasteiger partial charge in [-0.25, -0.2) is 19.0 Å². The summed E-state index contributed by atoms with van der Waals surface area (Å²) in [6.07, 6.45) is -2.90. The second-order valence-corrected chi connectivity index (χ2v) is 10.0. The first-order valence-electron chi connectivity index (χ1n) is 11.4. The smallest absolute Gasteiger partial charge is 0.338 e. The molecule has 1 fully saturated rings. The van der Waals surface area contributed by atoms with Crippen LogP contribution in [0.2, 0.25) is 15.2 Å². The van der Waals surface area contributed by atoms with Gasteiger partial charge in [0.05, 0.1) is 17.5 Å². The highest BCUT2D eigenvalue weighted by Crippen LogP contribution is 2.44. The number of imidazole rings is 1. The fourth-order valence-corrected chi connectivity index (χ4v) is 4.67. The van der Waals surface area contributed by atoms with Gasteiger partial charge in [-0.05, 0) is 55.5 Å². The van der Waals surface area contributed by atoms with Crippen LogP contribution in [0, 0.1) is 0 Å². The third-order valence-corrected chi connectivity index (χ3v) is 6.87. The molecule has 2 aromatic carbocycles. The van der Waals surface area contributed by atoms with Crippen LogP contribution in [0.1, 0.15) is 33.9 Å². The SMILES string of the molecule is C[C@@]1(F)[C@H](OC(=O)c2ccc(Cl)cc2)[C@H](COC(=O)c2ccc(Cl)cc2)O[C@H]1n1cnc2c(Cl)nc(N)nc21. The molecule has 3 heterocycles. The van der Waals surface area contributed by atoms with Gasteiger partial charge >= 0.3 is 11.9 Å². The molecule has 2 aromatic heterocycles. The number of nitrogens with two attached hydrogens (primary N) is 1. The van der Waals surface area contributed by atoms with Crippen LogP contribution in [-0.4, -0.2) is 55.9 Å². The number of rotatable bonds is 6. The number of nitrogen functional groups attached to an aromatic ring is 1. The fraction of sp³-hybridized carbons (Fsp3) is 0.240. The van der Waals surface area contributed by atoms with E-state index in [9.17, 15) is 9.59 Å². The van der Waals surface area contributed by atoms with E-state index >= 15 is 4.39 Å². The first-order chi connectivity index (χ1) is 18.5. The summed E-state index contributed by atoms with van der Waals surface area (Å²) in [7, 11) is 0. The molecule has 1 aliphatic heterocycles. The van der Waals surface area contributed by atoms with E-state index in [1.807, 2.05) is 0 Å². The van der Waals surface area contributed by atoms with Gasteiger partial charge in [-0.15, -0.1) is 0 Å². The molecule has 5 rings (SSSR count). The standard InChI is InChI=1S/C25H19Cl3FN5O5/c1-25(29)18(39-22(36)13-4-8-15(27)9-5-13)16(10-37-21(35)12-2-6-14(26)7-3-12)38-23(25)34-11-31-17-19(28)32-24(30)33-20(17)34/h2-9,11,16,18,23H,10H2,1H3,(H2,30,32,33)/t16-,18+,23+,25+/m0/s1. The van der Waals surface area contributed by atoms with Crippen LogP contribution in [-0.2, 0) is 14.2 Å². The van der Waals surface area contributed by atoms with Crippen molar-refractivity contribution >= 4 is 63.9 Å². The van der Waals surface area contributed by atoms with Gasteiger partial charge in [-0.2, -0.15) is 9.97 Å². The Hall–Kier alpha value is -3.51. The molecule has 14 heteroatoms. The monoisotopic (exact) mass is 593 g/mol. The Morgan fingerprint density at radius 3 is 2.23 bits per heavy atom. The lowest BCUT2D eigenvalue weighted by Gasteiger charge is -2.27. The maximum absolute atomic E-state index is 16.6. The minimum Gasteiger partial charge on any atom is -0.459 e. The molecule has 4 aromatic rings. The van der Waals surface area contributed by atoms with Crippen LogP contribution in [0.4, 0.5) is 10.3 Å². The molecule has 0 aliphatic carbocycles. The highest BCUT2D eigenvalue weighted by Gasteiger charge is 2.58. The normalized spacial score (nSPS) is 22.6. The molecule has 1 aliphatic rings. The van der Waals surface area contributed by atoms with Crippen LogP contribution >= 0.6 is 34.8 Å². The molecule has 202 valence electrons. The van der Waals surface area contributed by atoms with Gasteiger partial charge in [0.2, 0.25) is 5.95 Å². The minimum atomic E-state index is -2.36. The minimum absolute atomic E-state index is 0.0334. The summed E-state index contributed by atoms with van der Waals surface area (Å²) in [5.74, 6) is -1.70. The number of hydrogen-bond donors (Lipinski definition) is 1. The number of ether oxygens (including phenoxy) is 3. The summed E-state index contributed by atoms with van der Waals surface area (Å²) in [5.41, 5.74) is 3.99. The van der Waals surface area contributed by atoms with Gasteiger partial charge in [0, 0.05) is 10.0 Å². The quantitative estimate of drug-likeness (QED) is 0.240. The van der Waals surface area contributed by atoms with Crippen molar-refractivity contribution in [3.8, 4) is 0 Å². The number of aromatic nitrogens is 4. The zero-order valence-corrected chi connectivity index (χ0v) is 22.3. The van der Waals surface area contributed by atoms with Crippen molar-refractivity contribution in [1.29, 1.82) is 0 Å². The van der Waals surface area contributed by atoms with Gasteiger partial charge < -0.3 is 19.9 Å². The van der Waals surface area contributed by atoms with Gasteiger partial charge in [0.1, 0.15) is 18.2 Å². The lowest BCUT2D eigenvalue weighted by molar-refractivity contribution is -0.0611. The molecule has 0 radical (unpaired) electrons. The van der Waals surface area contributed by atoms with E-state index in [-0.39, 0.29) is 33.4 Å². The number of esters is 2. The van der Waals surface area contributed by atoms with Crippen molar-refractivity contribution in [2.75, 3.05) is 12.3 Å². The number of carbonyl (C=O) groups is 2. The molecule has 0 amide bonds. The molecule has 1 saturated heterocycles. The lowest BCUT2D eigenvalue weighted by atomic mass is 9.98. The van der Waals surface area contributed by atoms with Gasteiger partial charge in [0.15, 0.2) is 28.8 Å². The van der Waals surface area contributed by atoms with E-state index in [4.69, 9.17) is 54.7 Å². The van der Waals surface area contributed by atoms with Crippen molar-refractivity contribution in [1.82, 2.24) is 19.5 Å². The summed E-state index contributed by atoms with van der Waals surface area (Å²) in [6.45, 7) is 0.747. The summed E-state index contributed by atoms with van der Waals surface area (Å²) >= 11 is 17.9. The summed E-state index contributed by atoms with van der Waals surface area (Å²) < 4.78 is 34.8. The Morgan fingerprint density at radius 2 is 1.62 bits per heavy atom. The zero-order chi connectivity index (χ0) is 27.9. The molecule has 0 unspecified atom stereocenters. The molecule has 4 atom stereocenters. The first kappa shape index (κ1) is 27.1. The van der Waals surface area contributed by atoms with E-state index in [1.165, 1.54) is 66.3 Å². The van der Waals surface area contributed by atoms with E-state index in [2.05, 4.69) is 15.0 Å². The Morgan fingerprint density at radius 1 is 1.03 bits per heavy atom. The van der Waals surface area contributed by atoms with Crippen molar-refractivity contribution in [2.45, 2.75) is 31.0 Å². The number of anilines is 1. The number of halogens is 4. The maximum Gasteiger partial charge on any atom is 0.338 e. The first-order valence-corrected chi connectivity index (χ1v) is 12.6. The zero-order valence-electron chi connectivity index (χ0n) is 20.1. The topological polar surface area (TPSA) is 131 Å². The molecule has 39 heavy (non-hydrogen) atoms. The molecule has 0 saturated carbocycles. The van der Waals surface area contributed by atoms with Crippen molar-refractivity contribution in [3.05, 3.63) is 81.2 Å². The van der Waals surface area contributed by atoms with Crippen molar-refractivity contribution < 1.29 is 28.2 Å². The molecular weight excluding hydrogens is 576 g/mol. The van der Waals surface area contributed by atoms with Gasteiger partial charge in [-0.3, -0.25) is 4.57 Å². The van der Waals surface area contributed by atoms with Crippen LogP contribution in [0.3, 0.4) is 0 Å². The fourth-order valence-electron chi connectivity index (χ4n) is 4.20. The third kappa shape index (κ3) is 5.35. The Kier molecular flexibility index (Phi) is 7.34. The van der Waals surface area contributed by atoms with Crippen LogP contribution in [0.15, 0.2) is 54.9 Å². The molecule has 0 bridgehead atoms. The molecule has 0 spiro atoms.